The third kappa shape index (κ3) is 4.63. The summed E-state index contributed by atoms with van der Waals surface area (Å²) < 4.78 is 6.96. The summed E-state index contributed by atoms with van der Waals surface area (Å²) in [5.74, 6) is 0.665. The summed E-state index contributed by atoms with van der Waals surface area (Å²) in [4.78, 5) is 28.1. The summed E-state index contributed by atoms with van der Waals surface area (Å²) in [6.45, 7) is 2.34. The first-order valence-electron chi connectivity index (χ1n) is 11.6. The van der Waals surface area contributed by atoms with Crippen LogP contribution in [-0.2, 0) is 0 Å². The first-order valence-corrected chi connectivity index (χ1v) is 11.6. The zero-order valence-corrected chi connectivity index (χ0v) is 19.8. The molecule has 0 saturated carbocycles. The Morgan fingerprint density at radius 3 is 2.17 bits per heavy atom. The van der Waals surface area contributed by atoms with Gasteiger partial charge in [-0.1, -0.05) is 18.2 Å². The van der Waals surface area contributed by atoms with E-state index >= 15 is 0 Å². The van der Waals surface area contributed by atoms with Crippen molar-refractivity contribution in [2.75, 3.05) is 38.2 Å². The predicted octanol–water partition coefficient (Wildman–Crippen LogP) is 4.42. The highest BCUT2D eigenvalue weighted by atomic mass is 16.6. The lowest BCUT2D eigenvalue weighted by Gasteiger charge is -2.36. The van der Waals surface area contributed by atoms with Gasteiger partial charge in [0.05, 0.1) is 23.4 Å². The number of anilines is 1. The molecule has 5 rings (SSSR count). The Hall–Kier alpha value is -4.66. The zero-order chi connectivity index (χ0) is 25.1. The molecule has 9 heteroatoms. The number of aromatic nitrogens is 2. The second kappa shape index (κ2) is 9.91. The van der Waals surface area contributed by atoms with Gasteiger partial charge in [-0.3, -0.25) is 14.9 Å². The van der Waals surface area contributed by atoms with Crippen LogP contribution in [-0.4, -0.2) is 58.8 Å². The molecule has 0 bridgehead atoms. The van der Waals surface area contributed by atoms with Gasteiger partial charge < -0.3 is 14.5 Å². The molecule has 1 aliphatic heterocycles. The van der Waals surface area contributed by atoms with Crippen LogP contribution in [0.3, 0.4) is 0 Å². The number of methoxy groups -OCH3 is 1. The number of piperazine rings is 1. The molecular formula is C27H25N5O4. The lowest BCUT2D eigenvalue weighted by atomic mass is 10.1. The molecule has 3 aromatic carbocycles. The summed E-state index contributed by atoms with van der Waals surface area (Å²) in [6, 6.07) is 25.5. The number of hydrogen-bond donors (Lipinski definition) is 0. The molecule has 0 spiro atoms. The number of non-ortho nitro benzene ring substituents is 1. The number of benzene rings is 3. The number of amides is 1. The average Bonchev–Trinajstić information content (AvgIpc) is 3.39. The molecule has 0 radical (unpaired) electrons. The van der Waals surface area contributed by atoms with E-state index in [4.69, 9.17) is 9.84 Å². The fourth-order valence-electron chi connectivity index (χ4n) is 4.32. The molecule has 0 N–H and O–H groups in total. The molecule has 0 aliphatic carbocycles. The second-order valence-corrected chi connectivity index (χ2v) is 8.44. The van der Waals surface area contributed by atoms with Crippen molar-refractivity contribution in [2.24, 2.45) is 0 Å². The minimum Gasteiger partial charge on any atom is -0.497 e. The van der Waals surface area contributed by atoms with Gasteiger partial charge >= 0.3 is 0 Å². The van der Waals surface area contributed by atoms with Gasteiger partial charge in [0, 0.05) is 49.6 Å². The highest BCUT2D eigenvalue weighted by Crippen LogP contribution is 2.26. The van der Waals surface area contributed by atoms with Crippen molar-refractivity contribution < 1.29 is 14.5 Å². The molecule has 1 aliphatic rings. The molecular weight excluding hydrogens is 458 g/mol. The number of nitrogens with zero attached hydrogens (tertiary/aromatic N) is 5. The van der Waals surface area contributed by atoms with E-state index in [0.29, 0.717) is 37.6 Å². The van der Waals surface area contributed by atoms with Crippen molar-refractivity contribution in [2.45, 2.75) is 0 Å². The van der Waals surface area contributed by atoms with Crippen LogP contribution >= 0.6 is 0 Å². The molecule has 9 nitrogen and oxygen atoms in total. The van der Waals surface area contributed by atoms with E-state index in [2.05, 4.69) is 4.90 Å². The highest BCUT2D eigenvalue weighted by Gasteiger charge is 2.26. The van der Waals surface area contributed by atoms with E-state index in [1.807, 2.05) is 65.6 Å². The van der Waals surface area contributed by atoms with Crippen molar-refractivity contribution in [1.29, 1.82) is 0 Å². The van der Waals surface area contributed by atoms with Gasteiger partial charge in [-0.2, -0.15) is 5.10 Å². The maximum absolute atomic E-state index is 13.7. The number of para-hydroxylation sites is 1. The third-order valence-electron chi connectivity index (χ3n) is 6.31. The quantitative estimate of drug-likeness (QED) is 0.298. The molecule has 1 aromatic heterocycles. The van der Waals surface area contributed by atoms with Crippen LogP contribution in [0.1, 0.15) is 10.5 Å². The fourth-order valence-corrected chi connectivity index (χ4v) is 4.32. The molecule has 1 amide bonds. The average molecular weight is 484 g/mol. The van der Waals surface area contributed by atoms with Crippen molar-refractivity contribution in [3.05, 3.63) is 101 Å². The van der Waals surface area contributed by atoms with Crippen molar-refractivity contribution >= 4 is 17.3 Å². The molecule has 0 unspecified atom stereocenters. The van der Waals surface area contributed by atoms with E-state index in [1.165, 1.54) is 12.1 Å². The van der Waals surface area contributed by atoms with Crippen LogP contribution in [0, 0.1) is 10.1 Å². The topological polar surface area (TPSA) is 93.7 Å². The Bertz CT molecular complexity index is 1360. The molecule has 182 valence electrons. The minimum absolute atomic E-state index is 0.0643. The summed E-state index contributed by atoms with van der Waals surface area (Å²) in [7, 11) is 1.62. The van der Waals surface area contributed by atoms with Gasteiger partial charge in [0.1, 0.15) is 11.4 Å². The van der Waals surface area contributed by atoms with Crippen molar-refractivity contribution in [3.63, 3.8) is 0 Å². The monoisotopic (exact) mass is 483 g/mol. The second-order valence-electron chi connectivity index (χ2n) is 8.44. The van der Waals surface area contributed by atoms with Crippen LogP contribution in [0.5, 0.6) is 5.75 Å². The number of hydrogen-bond acceptors (Lipinski definition) is 6. The van der Waals surface area contributed by atoms with Crippen LogP contribution in [0.2, 0.25) is 0 Å². The Morgan fingerprint density at radius 1 is 0.889 bits per heavy atom. The first-order chi connectivity index (χ1) is 17.5. The molecule has 0 atom stereocenters. The number of nitro groups is 1. The predicted molar refractivity (Wildman–Crippen MR) is 137 cm³/mol. The smallest absolute Gasteiger partial charge is 0.272 e. The normalized spacial score (nSPS) is 13.5. The fraction of sp³-hybridized carbons (Fsp3) is 0.185. The van der Waals surface area contributed by atoms with E-state index in [9.17, 15) is 14.9 Å². The number of carbonyl (C=O) groups excluding carboxylic acids is 1. The van der Waals surface area contributed by atoms with Crippen molar-refractivity contribution in [3.8, 4) is 22.7 Å². The number of ether oxygens (including phenoxy) is 1. The van der Waals surface area contributed by atoms with Crippen LogP contribution in [0.4, 0.5) is 11.4 Å². The number of nitro benzene ring substituents is 1. The van der Waals surface area contributed by atoms with Gasteiger partial charge in [0.25, 0.3) is 11.6 Å². The summed E-state index contributed by atoms with van der Waals surface area (Å²) >= 11 is 0. The van der Waals surface area contributed by atoms with Gasteiger partial charge in [-0.15, -0.1) is 0 Å². The maximum atomic E-state index is 13.7. The summed E-state index contributed by atoms with van der Waals surface area (Å²) in [5.41, 5.74) is 3.87. The maximum Gasteiger partial charge on any atom is 0.272 e. The van der Waals surface area contributed by atoms with Gasteiger partial charge in [0.15, 0.2) is 0 Å². The van der Waals surface area contributed by atoms with E-state index < -0.39 is 4.92 Å². The molecule has 1 fully saturated rings. The lowest BCUT2D eigenvalue weighted by Crippen LogP contribution is -2.49. The number of carbonyl (C=O) groups is 1. The van der Waals surface area contributed by atoms with E-state index in [1.54, 1.807) is 23.9 Å². The van der Waals surface area contributed by atoms with Crippen LogP contribution in [0.15, 0.2) is 84.9 Å². The standard InChI is InChI=1S/C27H25N5O4/c1-36-24-13-7-20(8-14-24)25-19-26(31(28-25)22-5-3-2-4-6-22)27(33)30-17-15-29(16-18-30)21-9-11-23(12-10-21)32(34)35/h2-14,19H,15-18H2,1H3. The first kappa shape index (κ1) is 23.1. The minimum atomic E-state index is -0.406. The van der Waals surface area contributed by atoms with Gasteiger partial charge in [-0.05, 0) is 54.6 Å². The number of rotatable bonds is 6. The van der Waals surface area contributed by atoms with Gasteiger partial charge in [-0.25, -0.2) is 4.68 Å². The Morgan fingerprint density at radius 2 is 1.56 bits per heavy atom. The zero-order valence-electron chi connectivity index (χ0n) is 19.8. The van der Waals surface area contributed by atoms with Crippen molar-refractivity contribution in [1.82, 2.24) is 14.7 Å². The Balaban J connectivity index is 1.38. The highest BCUT2D eigenvalue weighted by molar-refractivity contribution is 5.94. The van der Waals surface area contributed by atoms with Crippen LogP contribution < -0.4 is 9.64 Å². The largest absolute Gasteiger partial charge is 0.497 e. The van der Waals surface area contributed by atoms with E-state index in [0.717, 1.165) is 22.7 Å². The molecule has 2 heterocycles. The SMILES string of the molecule is COc1ccc(-c2cc(C(=O)N3CCN(c4ccc([N+](=O)[O-])cc4)CC3)n(-c3ccccc3)n2)cc1. The van der Waals surface area contributed by atoms with Gasteiger partial charge in [0.2, 0.25) is 0 Å². The lowest BCUT2D eigenvalue weighted by molar-refractivity contribution is -0.384. The molecule has 1 saturated heterocycles. The Kier molecular flexibility index (Phi) is 6.36. The third-order valence-corrected chi connectivity index (χ3v) is 6.31. The van der Waals surface area contributed by atoms with E-state index in [-0.39, 0.29) is 11.6 Å². The summed E-state index contributed by atoms with van der Waals surface area (Å²) in [5, 5.41) is 15.7. The van der Waals surface area contributed by atoms with Crippen LogP contribution in [0.25, 0.3) is 16.9 Å². The summed E-state index contributed by atoms with van der Waals surface area (Å²) in [6.07, 6.45) is 0. The molecule has 36 heavy (non-hydrogen) atoms. The molecule has 4 aromatic rings. The Labute approximate surface area is 208 Å².